The molecule has 1 aromatic rings. The molecule has 29 heavy (non-hydrogen) atoms. The Hall–Kier alpha value is -1.18. The Balaban J connectivity index is 1.97. The van der Waals surface area contributed by atoms with E-state index in [1.807, 2.05) is 0 Å². The molecule has 0 radical (unpaired) electrons. The van der Waals surface area contributed by atoms with Gasteiger partial charge in [-0.15, -0.1) is 0 Å². The van der Waals surface area contributed by atoms with Crippen LogP contribution in [0.15, 0.2) is 12.1 Å². The molecule has 1 nitrogen and oxygen atoms in total. The Bertz CT molecular complexity index is 863. The maximum absolute atomic E-state index is 13.7. The standard InChI is InChI=1S/C18H16F9OP/c19-16(20,21)11-7-10(8-12(17(22,23)24)14(11)18(25,26)27)29(28)13-5-4-9-3-1-2-6-15(9,13)29/h7-9,13H,1-6H2. The molecule has 0 bridgehead atoms. The predicted octanol–water partition coefficient (Wildman–Crippen LogP) is 6.84. The Morgan fingerprint density at radius 3 is 1.83 bits per heavy atom. The van der Waals surface area contributed by atoms with E-state index in [0.717, 1.165) is 6.42 Å². The van der Waals surface area contributed by atoms with Crippen LogP contribution in [0.5, 0.6) is 0 Å². The Kier molecular flexibility index (Phi) is 4.32. The van der Waals surface area contributed by atoms with Gasteiger partial charge in [-0.3, -0.25) is 0 Å². The van der Waals surface area contributed by atoms with Gasteiger partial charge in [0, 0.05) is 16.1 Å². The van der Waals surface area contributed by atoms with Crippen molar-refractivity contribution in [2.45, 2.75) is 67.9 Å². The van der Waals surface area contributed by atoms with Crippen LogP contribution in [0.4, 0.5) is 39.5 Å². The first-order chi connectivity index (χ1) is 13.1. The first kappa shape index (κ1) is 21.1. The van der Waals surface area contributed by atoms with Crippen LogP contribution in [-0.2, 0) is 23.1 Å². The van der Waals surface area contributed by atoms with E-state index in [9.17, 15) is 44.1 Å². The summed E-state index contributed by atoms with van der Waals surface area (Å²) in [5.41, 5.74) is -8.13. The van der Waals surface area contributed by atoms with Crippen LogP contribution < -0.4 is 5.30 Å². The van der Waals surface area contributed by atoms with E-state index in [4.69, 9.17) is 0 Å². The van der Waals surface area contributed by atoms with Gasteiger partial charge in [-0.2, -0.15) is 39.5 Å². The minimum Gasteiger partial charge on any atom is -0.318 e. The maximum Gasteiger partial charge on any atom is 0.417 e. The van der Waals surface area contributed by atoms with E-state index in [0.29, 0.717) is 32.1 Å². The SMILES string of the molecule is O=P1(c2cc(C(F)(F)F)c(C(F)(F)F)c(C(F)(F)F)c2)C2CCC3CCCCC321. The first-order valence-electron chi connectivity index (χ1n) is 9.15. The highest BCUT2D eigenvalue weighted by atomic mass is 31.2. The van der Waals surface area contributed by atoms with Crippen LogP contribution in [0.1, 0.15) is 55.2 Å². The molecule has 1 saturated heterocycles. The summed E-state index contributed by atoms with van der Waals surface area (Å²) < 4.78 is 134. The first-order valence-corrected chi connectivity index (χ1v) is 10.9. The zero-order valence-corrected chi connectivity index (χ0v) is 15.7. The molecule has 3 fully saturated rings. The molecule has 4 rings (SSSR count). The molecule has 4 unspecified atom stereocenters. The lowest BCUT2D eigenvalue weighted by Crippen LogP contribution is -2.28. The summed E-state index contributed by atoms with van der Waals surface area (Å²) in [5.74, 6) is -0.0574. The number of alkyl halides is 9. The molecule has 11 heteroatoms. The third-order valence-corrected chi connectivity index (χ3v) is 11.3. The minimum absolute atomic E-state index is 0.0574. The van der Waals surface area contributed by atoms with Crippen LogP contribution in [0.2, 0.25) is 0 Å². The van der Waals surface area contributed by atoms with Gasteiger partial charge in [0.25, 0.3) is 0 Å². The van der Waals surface area contributed by atoms with E-state index in [-0.39, 0.29) is 18.1 Å². The Morgan fingerprint density at radius 1 is 0.793 bits per heavy atom. The summed E-state index contributed by atoms with van der Waals surface area (Å²) >= 11 is 0. The molecule has 2 saturated carbocycles. The summed E-state index contributed by atoms with van der Waals surface area (Å²) in [6, 6.07) is 0.134. The van der Waals surface area contributed by atoms with Crippen molar-refractivity contribution >= 4 is 12.4 Å². The van der Waals surface area contributed by atoms with Crippen LogP contribution in [-0.4, -0.2) is 10.8 Å². The fraction of sp³-hybridized carbons (Fsp3) is 0.667. The van der Waals surface area contributed by atoms with Gasteiger partial charge in [0.05, 0.1) is 16.7 Å². The quantitative estimate of drug-likeness (QED) is 0.338. The van der Waals surface area contributed by atoms with E-state index in [1.54, 1.807) is 0 Å². The van der Waals surface area contributed by atoms with Crippen molar-refractivity contribution in [3.05, 3.63) is 28.8 Å². The molecule has 0 aromatic heterocycles. The summed E-state index contributed by atoms with van der Waals surface area (Å²) in [6.45, 7) is 0. The third-order valence-electron chi connectivity index (χ3n) is 6.84. The normalized spacial score (nSPS) is 34.7. The number of hydrogen-bond acceptors (Lipinski definition) is 1. The van der Waals surface area contributed by atoms with Gasteiger partial charge in [0.2, 0.25) is 0 Å². The zero-order chi connectivity index (χ0) is 21.6. The van der Waals surface area contributed by atoms with Crippen molar-refractivity contribution in [1.29, 1.82) is 0 Å². The smallest absolute Gasteiger partial charge is 0.318 e. The van der Waals surface area contributed by atoms with Gasteiger partial charge in [-0.05, 0) is 43.7 Å². The molecule has 2 aliphatic carbocycles. The van der Waals surface area contributed by atoms with Gasteiger partial charge in [0.1, 0.15) is 7.14 Å². The Labute approximate surface area is 160 Å². The minimum atomic E-state index is -5.87. The second-order valence-corrected chi connectivity index (χ2v) is 11.4. The lowest BCUT2D eigenvalue weighted by molar-refractivity contribution is -0.174. The van der Waals surface area contributed by atoms with Gasteiger partial charge in [0.15, 0.2) is 0 Å². The highest BCUT2D eigenvalue weighted by Gasteiger charge is 2.79. The van der Waals surface area contributed by atoms with Crippen LogP contribution in [0.3, 0.4) is 0 Å². The molecule has 162 valence electrons. The molecule has 0 N–H and O–H groups in total. The average Bonchev–Trinajstić information content (AvgIpc) is 2.90. The number of hydrogen-bond donors (Lipinski definition) is 0. The topological polar surface area (TPSA) is 17.1 Å². The molecule has 1 aliphatic heterocycles. The lowest BCUT2D eigenvalue weighted by Gasteiger charge is -2.30. The van der Waals surface area contributed by atoms with E-state index in [1.165, 1.54) is 0 Å². The third kappa shape index (κ3) is 2.80. The fourth-order valence-corrected chi connectivity index (χ4v) is 11.0. The molecule has 1 aromatic carbocycles. The van der Waals surface area contributed by atoms with Crippen molar-refractivity contribution in [3.63, 3.8) is 0 Å². The molecule has 0 amide bonds. The fourth-order valence-electron chi connectivity index (χ4n) is 5.84. The summed E-state index contributed by atoms with van der Waals surface area (Å²) in [6.07, 6.45) is -13.5. The van der Waals surface area contributed by atoms with Crippen LogP contribution in [0.25, 0.3) is 0 Å². The molecule has 3 aliphatic rings. The molecule has 1 spiro atoms. The largest absolute Gasteiger partial charge is 0.417 e. The number of rotatable bonds is 1. The highest BCUT2D eigenvalue weighted by Crippen LogP contribution is 2.90. The molecular formula is C18H16F9OP. The molecular weight excluding hydrogens is 434 g/mol. The van der Waals surface area contributed by atoms with E-state index >= 15 is 0 Å². The lowest BCUT2D eigenvalue weighted by atomic mass is 9.82. The number of halogens is 9. The molecule has 4 atom stereocenters. The van der Waals surface area contributed by atoms with Crippen molar-refractivity contribution in [1.82, 2.24) is 0 Å². The Morgan fingerprint density at radius 2 is 1.34 bits per heavy atom. The van der Waals surface area contributed by atoms with Gasteiger partial charge in [-0.1, -0.05) is 12.8 Å². The van der Waals surface area contributed by atoms with Crippen LogP contribution in [0, 0.1) is 5.92 Å². The summed E-state index contributed by atoms with van der Waals surface area (Å²) in [4.78, 5) is 0. The van der Waals surface area contributed by atoms with Crippen molar-refractivity contribution in [2.24, 2.45) is 5.92 Å². The van der Waals surface area contributed by atoms with E-state index in [2.05, 4.69) is 0 Å². The van der Waals surface area contributed by atoms with E-state index < -0.39 is 58.5 Å². The van der Waals surface area contributed by atoms with Gasteiger partial charge < -0.3 is 4.57 Å². The summed E-state index contributed by atoms with van der Waals surface area (Å²) in [5, 5.41) is -1.54. The predicted molar refractivity (Wildman–Crippen MR) is 86.4 cm³/mol. The van der Waals surface area contributed by atoms with Crippen molar-refractivity contribution in [2.75, 3.05) is 0 Å². The van der Waals surface area contributed by atoms with Crippen molar-refractivity contribution in [3.8, 4) is 0 Å². The zero-order valence-electron chi connectivity index (χ0n) is 14.8. The average molecular weight is 450 g/mol. The summed E-state index contributed by atoms with van der Waals surface area (Å²) in [7, 11) is -3.67. The van der Waals surface area contributed by atoms with Gasteiger partial charge in [-0.25, -0.2) is 0 Å². The molecule has 1 heterocycles. The maximum atomic E-state index is 13.7. The van der Waals surface area contributed by atoms with Crippen molar-refractivity contribution < 1.29 is 44.1 Å². The highest BCUT2D eigenvalue weighted by molar-refractivity contribution is 7.81. The second kappa shape index (κ2) is 5.95. The van der Waals surface area contributed by atoms with Crippen LogP contribution >= 0.6 is 7.14 Å². The monoisotopic (exact) mass is 450 g/mol. The van der Waals surface area contributed by atoms with Gasteiger partial charge >= 0.3 is 18.5 Å². The second-order valence-electron chi connectivity index (χ2n) is 8.09. The number of benzene rings is 1.